The number of hydrogen-bond donors (Lipinski definition) is 0. The maximum Gasteiger partial charge on any atom is 0.186 e. The molecule has 0 saturated carbocycles. The Morgan fingerprint density at radius 1 is 1.38 bits per heavy atom. The fourth-order valence-corrected chi connectivity index (χ4v) is 3.33. The Bertz CT molecular complexity index is 332. The first kappa shape index (κ1) is 12.3. The second-order valence-electron chi connectivity index (χ2n) is 4.63. The number of aromatic nitrogens is 1. The third-order valence-corrected chi connectivity index (χ3v) is 4.34. The molecular weight excluding hydrogens is 286 g/mol. The van der Waals surface area contributed by atoms with Gasteiger partial charge >= 0.3 is 0 Å². The summed E-state index contributed by atoms with van der Waals surface area (Å²) in [6.45, 7) is 10.3. The summed E-state index contributed by atoms with van der Waals surface area (Å²) in [6.07, 6.45) is 0. The van der Waals surface area contributed by atoms with Gasteiger partial charge in [0.25, 0.3) is 0 Å². The standard InChI is InChI=1S/C11H18BrN3S/c1-9(2)7-14-3-5-15(6-4-14)11-13-10(12)8-16-11/h8-9H,3-7H2,1-2H3. The average molecular weight is 304 g/mol. The molecular formula is C11H18BrN3S. The largest absolute Gasteiger partial charge is 0.345 e. The second-order valence-corrected chi connectivity index (χ2v) is 6.28. The van der Waals surface area contributed by atoms with Crippen molar-refractivity contribution in [2.24, 2.45) is 5.92 Å². The zero-order valence-corrected chi connectivity index (χ0v) is 12.2. The van der Waals surface area contributed by atoms with Gasteiger partial charge in [0.2, 0.25) is 0 Å². The second kappa shape index (κ2) is 5.47. The van der Waals surface area contributed by atoms with Crippen LogP contribution in [0.15, 0.2) is 9.98 Å². The van der Waals surface area contributed by atoms with Gasteiger partial charge in [-0.3, -0.25) is 4.90 Å². The molecule has 0 atom stereocenters. The van der Waals surface area contributed by atoms with Gasteiger partial charge in [-0.1, -0.05) is 13.8 Å². The third kappa shape index (κ3) is 3.18. The van der Waals surface area contributed by atoms with Gasteiger partial charge in [0.15, 0.2) is 5.13 Å². The molecule has 0 aromatic carbocycles. The van der Waals surface area contributed by atoms with E-state index in [0.29, 0.717) is 0 Å². The lowest BCUT2D eigenvalue weighted by molar-refractivity contribution is 0.231. The molecule has 16 heavy (non-hydrogen) atoms. The van der Waals surface area contributed by atoms with E-state index in [9.17, 15) is 0 Å². The smallest absolute Gasteiger partial charge is 0.186 e. The summed E-state index contributed by atoms with van der Waals surface area (Å²) in [6, 6.07) is 0. The summed E-state index contributed by atoms with van der Waals surface area (Å²) in [7, 11) is 0. The Hall–Kier alpha value is -0.130. The van der Waals surface area contributed by atoms with Crippen molar-refractivity contribution in [3.05, 3.63) is 9.98 Å². The van der Waals surface area contributed by atoms with Crippen LogP contribution in [0.1, 0.15) is 13.8 Å². The Kier molecular flexibility index (Phi) is 4.21. The van der Waals surface area contributed by atoms with E-state index in [1.54, 1.807) is 11.3 Å². The van der Waals surface area contributed by atoms with Crippen LogP contribution in [0.4, 0.5) is 5.13 Å². The van der Waals surface area contributed by atoms with Crippen LogP contribution in [0.3, 0.4) is 0 Å². The number of thiazole rings is 1. The van der Waals surface area contributed by atoms with Gasteiger partial charge in [0.05, 0.1) is 0 Å². The quantitative estimate of drug-likeness (QED) is 0.856. The van der Waals surface area contributed by atoms with Gasteiger partial charge in [0, 0.05) is 38.1 Å². The summed E-state index contributed by atoms with van der Waals surface area (Å²) in [4.78, 5) is 9.39. The Labute approximate surface area is 110 Å². The lowest BCUT2D eigenvalue weighted by atomic mass is 10.2. The molecule has 1 aliphatic rings. The van der Waals surface area contributed by atoms with E-state index in [1.165, 1.54) is 6.54 Å². The fourth-order valence-electron chi connectivity index (χ4n) is 2.03. The van der Waals surface area contributed by atoms with Gasteiger partial charge in [-0.15, -0.1) is 11.3 Å². The zero-order chi connectivity index (χ0) is 11.5. The monoisotopic (exact) mass is 303 g/mol. The van der Waals surface area contributed by atoms with E-state index in [0.717, 1.165) is 41.8 Å². The molecule has 90 valence electrons. The number of nitrogens with zero attached hydrogens (tertiary/aromatic N) is 3. The van der Waals surface area contributed by atoms with Crippen LogP contribution in [0, 0.1) is 5.92 Å². The third-order valence-electron chi connectivity index (χ3n) is 2.73. The van der Waals surface area contributed by atoms with Crippen molar-refractivity contribution in [2.45, 2.75) is 13.8 Å². The van der Waals surface area contributed by atoms with Crippen LogP contribution in [-0.2, 0) is 0 Å². The van der Waals surface area contributed by atoms with Crippen LogP contribution in [0.2, 0.25) is 0 Å². The van der Waals surface area contributed by atoms with E-state index >= 15 is 0 Å². The van der Waals surface area contributed by atoms with Gasteiger partial charge in [-0.2, -0.15) is 0 Å². The molecule has 5 heteroatoms. The molecule has 0 amide bonds. The van der Waals surface area contributed by atoms with Gasteiger partial charge < -0.3 is 4.90 Å². The normalized spacial score (nSPS) is 18.4. The molecule has 1 aromatic rings. The first-order chi connectivity index (χ1) is 7.65. The average Bonchev–Trinajstić information content (AvgIpc) is 2.65. The molecule has 0 bridgehead atoms. The molecule has 0 spiro atoms. The van der Waals surface area contributed by atoms with Gasteiger partial charge in [-0.25, -0.2) is 4.98 Å². The molecule has 1 saturated heterocycles. The molecule has 3 nitrogen and oxygen atoms in total. The van der Waals surface area contributed by atoms with Gasteiger partial charge in [0.1, 0.15) is 4.60 Å². The van der Waals surface area contributed by atoms with Crippen molar-refractivity contribution in [1.29, 1.82) is 0 Å². The molecule has 0 radical (unpaired) electrons. The van der Waals surface area contributed by atoms with E-state index in [2.05, 4.69) is 49.9 Å². The predicted octanol–water partition coefficient (Wildman–Crippen LogP) is 2.68. The van der Waals surface area contributed by atoms with Crippen molar-refractivity contribution in [3.63, 3.8) is 0 Å². The van der Waals surface area contributed by atoms with E-state index in [4.69, 9.17) is 0 Å². The van der Waals surface area contributed by atoms with E-state index < -0.39 is 0 Å². The van der Waals surface area contributed by atoms with Crippen LogP contribution < -0.4 is 4.90 Å². The summed E-state index contributed by atoms with van der Waals surface area (Å²) >= 11 is 5.13. The molecule has 2 rings (SSSR count). The molecule has 2 heterocycles. The molecule has 1 aliphatic heterocycles. The molecule has 1 fully saturated rings. The maximum absolute atomic E-state index is 4.46. The molecule has 0 aliphatic carbocycles. The SMILES string of the molecule is CC(C)CN1CCN(c2nc(Br)cs2)CC1. The summed E-state index contributed by atoms with van der Waals surface area (Å²) < 4.78 is 0.956. The summed E-state index contributed by atoms with van der Waals surface area (Å²) in [5.74, 6) is 0.764. The molecule has 1 aromatic heterocycles. The minimum atomic E-state index is 0.764. The highest BCUT2D eigenvalue weighted by molar-refractivity contribution is 9.10. The summed E-state index contributed by atoms with van der Waals surface area (Å²) in [5.41, 5.74) is 0. The number of halogens is 1. The van der Waals surface area contributed by atoms with Crippen LogP contribution in [0.5, 0.6) is 0 Å². The van der Waals surface area contributed by atoms with E-state index in [-0.39, 0.29) is 0 Å². The Balaban J connectivity index is 1.85. The predicted molar refractivity (Wildman–Crippen MR) is 73.3 cm³/mol. The number of rotatable bonds is 3. The minimum Gasteiger partial charge on any atom is -0.345 e. The van der Waals surface area contributed by atoms with Crippen molar-refractivity contribution in [3.8, 4) is 0 Å². The first-order valence-corrected chi connectivity index (χ1v) is 7.41. The molecule has 0 unspecified atom stereocenters. The lowest BCUT2D eigenvalue weighted by Crippen LogP contribution is -2.47. The van der Waals surface area contributed by atoms with Crippen molar-refractivity contribution < 1.29 is 0 Å². The van der Waals surface area contributed by atoms with Crippen molar-refractivity contribution in [1.82, 2.24) is 9.88 Å². The van der Waals surface area contributed by atoms with Crippen LogP contribution in [-0.4, -0.2) is 42.6 Å². The minimum absolute atomic E-state index is 0.764. The lowest BCUT2D eigenvalue weighted by Gasteiger charge is -2.35. The number of piperazine rings is 1. The van der Waals surface area contributed by atoms with Gasteiger partial charge in [-0.05, 0) is 21.8 Å². The Morgan fingerprint density at radius 2 is 2.06 bits per heavy atom. The summed E-state index contributed by atoms with van der Waals surface area (Å²) in [5, 5.41) is 3.20. The van der Waals surface area contributed by atoms with Crippen molar-refractivity contribution in [2.75, 3.05) is 37.6 Å². The maximum atomic E-state index is 4.46. The topological polar surface area (TPSA) is 19.4 Å². The molecule has 0 N–H and O–H groups in total. The number of anilines is 1. The Morgan fingerprint density at radius 3 is 2.56 bits per heavy atom. The number of hydrogen-bond acceptors (Lipinski definition) is 4. The van der Waals surface area contributed by atoms with Crippen LogP contribution >= 0.6 is 27.3 Å². The van der Waals surface area contributed by atoms with E-state index in [1.807, 2.05) is 0 Å². The van der Waals surface area contributed by atoms with Crippen LogP contribution in [0.25, 0.3) is 0 Å². The highest BCUT2D eigenvalue weighted by Crippen LogP contribution is 2.24. The highest BCUT2D eigenvalue weighted by atomic mass is 79.9. The highest BCUT2D eigenvalue weighted by Gasteiger charge is 2.19. The zero-order valence-electron chi connectivity index (χ0n) is 9.82. The van der Waals surface area contributed by atoms with Crippen molar-refractivity contribution >= 4 is 32.4 Å². The first-order valence-electron chi connectivity index (χ1n) is 5.73. The fraction of sp³-hybridized carbons (Fsp3) is 0.727.